The first-order chi connectivity index (χ1) is 16.0. The third-order valence-electron chi connectivity index (χ3n) is 6.96. The van der Waals surface area contributed by atoms with E-state index in [-0.39, 0.29) is 29.4 Å². The van der Waals surface area contributed by atoms with E-state index in [0.29, 0.717) is 12.1 Å². The number of nitrogens with zero attached hydrogens (tertiary/aromatic N) is 2. The van der Waals surface area contributed by atoms with Gasteiger partial charge >= 0.3 is 0 Å². The zero-order valence-corrected chi connectivity index (χ0v) is 18.3. The number of hydrogen-bond acceptors (Lipinski definition) is 3. The van der Waals surface area contributed by atoms with Crippen LogP contribution in [0.25, 0.3) is 0 Å². The number of likely N-dealkylation sites (tertiary alicyclic amines) is 1. The molecule has 5 rings (SSSR count). The molecule has 0 spiro atoms. The van der Waals surface area contributed by atoms with Gasteiger partial charge in [0.05, 0.1) is 11.8 Å². The van der Waals surface area contributed by atoms with Crippen molar-refractivity contribution >= 4 is 11.4 Å². The van der Waals surface area contributed by atoms with Crippen LogP contribution in [-0.2, 0) is 0 Å². The molecule has 0 saturated carbocycles. The number of para-hydroxylation sites is 1. The maximum atomic E-state index is 14.7. The molecule has 2 aliphatic heterocycles. The topological polar surface area (TPSA) is 26.7 Å². The van der Waals surface area contributed by atoms with Crippen LogP contribution in [0.15, 0.2) is 66.7 Å². The van der Waals surface area contributed by atoms with Crippen molar-refractivity contribution in [3.8, 4) is 0 Å². The van der Waals surface area contributed by atoms with Crippen LogP contribution in [-0.4, -0.2) is 35.7 Å². The predicted molar refractivity (Wildman–Crippen MR) is 123 cm³/mol. The summed E-state index contributed by atoms with van der Waals surface area (Å²) >= 11 is 0. The Morgan fingerprint density at radius 3 is 2.45 bits per heavy atom. The standard InChI is InChI=1S/C27H27F3N2O/c28-19-9-7-18(8-10-19)27(33)6-3-14-31-15-13-25-22(17-31)21-16-20(29)11-12-24(21)32(25)26-5-2-1-4-23(26)30/h1-2,4-5,7-12,16,22,25,27,33H,3,6,13-15,17H2. The molecule has 0 aromatic heterocycles. The predicted octanol–water partition coefficient (Wildman–Crippen LogP) is 5.93. The Labute approximate surface area is 192 Å². The first kappa shape index (κ1) is 22.0. The number of rotatable bonds is 6. The highest BCUT2D eigenvalue weighted by molar-refractivity contribution is 5.73. The summed E-state index contributed by atoms with van der Waals surface area (Å²) in [6.07, 6.45) is 1.60. The molecule has 0 aliphatic carbocycles. The summed E-state index contributed by atoms with van der Waals surface area (Å²) in [5.74, 6) is -0.773. The Morgan fingerprint density at radius 1 is 0.909 bits per heavy atom. The minimum absolute atomic E-state index is 0.0831. The lowest BCUT2D eigenvalue weighted by Crippen LogP contribution is -2.45. The monoisotopic (exact) mass is 452 g/mol. The van der Waals surface area contributed by atoms with E-state index in [0.717, 1.165) is 49.3 Å². The molecule has 33 heavy (non-hydrogen) atoms. The second-order valence-corrected chi connectivity index (χ2v) is 9.00. The zero-order valence-electron chi connectivity index (χ0n) is 18.3. The molecule has 3 atom stereocenters. The average molecular weight is 453 g/mol. The normalized spacial score (nSPS) is 21.0. The summed E-state index contributed by atoms with van der Waals surface area (Å²) in [5, 5.41) is 10.4. The molecule has 0 amide bonds. The Bertz CT molecular complexity index is 1120. The fourth-order valence-corrected chi connectivity index (χ4v) is 5.36. The van der Waals surface area contributed by atoms with Crippen molar-refractivity contribution in [3.05, 3.63) is 95.3 Å². The molecule has 3 unspecified atom stereocenters. The zero-order chi connectivity index (χ0) is 22.9. The molecule has 6 heteroatoms. The van der Waals surface area contributed by atoms with E-state index >= 15 is 0 Å². The van der Waals surface area contributed by atoms with Gasteiger partial charge in [-0.2, -0.15) is 0 Å². The maximum absolute atomic E-state index is 14.7. The van der Waals surface area contributed by atoms with E-state index in [2.05, 4.69) is 4.90 Å². The Balaban J connectivity index is 1.28. The van der Waals surface area contributed by atoms with Crippen LogP contribution in [0.4, 0.5) is 24.5 Å². The Hall–Kier alpha value is -2.83. The van der Waals surface area contributed by atoms with Crippen LogP contribution in [0.5, 0.6) is 0 Å². The minimum Gasteiger partial charge on any atom is -0.388 e. The largest absolute Gasteiger partial charge is 0.388 e. The molecule has 3 aromatic rings. The molecule has 1 N–H and O–H groups in total. The van der Waals surface area contributed by atoms with Gasteiger partial charge in [0.15, 0.2) is 0 Å². The molecule has 172 valence electrons. The molecule has 3 nitrogen and oxygen atoms in total. The molecular formula is C27H27F3N2O. The van der Waals surface area contributed by atoms with E-state index in [4.69, 9.17) is 0 Å². The molecule has 1 saturated heterocycles. The highest BCUT2D eigenvalue weighted by Crippen LogP contribution is 2.49. The lowest BCUT2D eigenvalue weighted by molar-refractivity contribution is 0.145. The molecule has 1 fully saturated rings. The van der Waals surface area contributed by atoms with Crippen molar-refractivity contribution < 1.29 is 18.3 Å². The highest BCUT2D eigenvalue weighted by Gasteiger charge is 2.43. The van der Waals surface area contributed by atoms with Crippen LogP contribution in [0, 0.1) is 17.5 Å². The van der Waals surface area contributed by atoms with Crippen LogP contribution >= 0.6 is 0 Å². The smallest absolute Gasteiger partial charge is 0.146 e. The lowest BCUT2D eigenvalue weighted by atomic mass is 9.88. The summed E-state index contributed by atoms with van der Waals surface area (Å²) in [7, 11) is 0. The maximum Gasteiger partial charge on any atom is 0.146 e. The summed E-state index contributed by atoms with van der Waals surface area (Å²) in [6.45, 7) is 2.43. The molecular weight excluding hydrogens is 425 g/mol. The van der Waals surface area contributed by atoms with Gasteiger partial charge in [0.1, 0.15) is 17.5 Å². The lowest BCUT2D eigenvalue weighted by Gasteiger charge is -2.39. The summed E-state index contributed by atoms with van der Waals surface area (Å²) in [5.41, 5.74) is 3.06. The Morgan fingerprint density at radius 2 is 1.67 bits per heavy atom. The number of hydrogen-bond donors (Lipinski definition) is 1. The van der Waals surface area contributed by atoms with Gasteiger partial charge in [0.2, 0.25) is 0 Å². The summed E-state index contributed by atoms with van der Waals surface area (Å²) in [4.78, 5) is 4.39. The third kappa shape index (κ3) is 4.37. The van der Waals surface area contributed by atoms with E-state index in [9.17, 15) is 18.3 Å². The van der Waals surface area contributed by atoms with Gasteiger partial charge in [-0.05, 0) is 79.4 Å². The van der Waals surface area contributed by atoms with E-state index in [1.807, 2.05) is 11.0 Å². The number of halogens is 3. The number of fused-ring (bicyclic) bond motifs is 3. The fourth-order valence-electron chi connectivity index (χ4n) is 5.36. The van der Waals surface area contributed by atoms with Gasteiger partial charge in [-0.3, -0.25) is 0 Å². The molecule has 2 heterocycles. The number of benzene rings is 3. The van der Waals surface area contributed by atoms with Crippen molar-refractivity contribution in [1.82, 2.24) is 4.90 Å². The number of aliphatic hydroxyl groups excluding tert-OH is 1. The third-order valence-corrected chi connectivity index (χ3v) is 6.96. The van der Waals surface area contributed by atoms with E-state index in [1.165, 1.54) is 24.3 Å². The van der Waals surface area contributed by atoms with Crippen LogP contribution in [0.3, 0.4) is 0 Å². The second-order valence-electron chi connectivity index (χ2n) is 9.00. The fraction of sp³-hybridized carbons (Fsp3) is 0.333. The molecule has 0 radical (unpaired) electrons. The minimum atomic E-state index is -0.624. The van der Waals surface area contributed by atoms with Gasteiger partial charge in [-0.1, -0.05) is 24.3 Å². The van der Waals surface area contributed by atoms with Gasteiger partial charge in [0.25, 0.3) is 0 Å². The number of piperidine rings is 1. The van der Waals surface area contributed by atoms with Gasteiger partial charge < -0.3 is 14.9 Å². The van der Waals surface area contributed by atoms with Crippen molar-refractivity contribution in [1.29, 1.82) is 0 Å². The van der Waals surface area contributed by atoms with Crippen LogP contribution < -0.4 is 4.90 Å². The van der Waals surface area contributed by atoms with Crippen LogP contribution in [0.2, 0.25) is 0 Å². The van der Waals surface area contributed by atoms with Gasteiger partial charge in [-0.25, -0.2) is 13.2 Å². The van der Waals surface area contributed by atoms with Crippen molar-refractivity contribution in [3.63, 3.8) is 0 Å². The summed E-state index contributed by atoms with van der Waals surface area (Å²) < 4.78 is 41.9. The van der Waals surface area contributed by atoms with E-state index in [1.54, 1.807) is 36.4 Å². The first-order valence-electron chi connectivity index (χ1n) is 11.5. The molecule has 0 bridgehead atoms. The number of anilines is 2. The van der Waals surface area contributed by atoms with E-state index < -0.39 is 6.10 Å². The van der Waals surface area contributed by atoms with Crippen LogP contribution in [0.1, 0.15) is 42.4 Å². The SMILES string of the molecule is OC(CCCN1CCC2C(C1)c1cc(F)ccc1N2c1ccccc1F)c1ccc(F)cc1. The average Bonchev–Trinajstić information content (AvgIpc) is 3.12. The quantitative estimate of drug-likeness (QED) is 0.502. The Kier molecular flexibility index (Phi) is 6.13. The van der Waals surface area contributed by atoms with Crippen molar-refractivity contribution in [2.45, 2.75) is 37.3 Å². The number of aliphatic hydroxyl groups is 1. The first-order valence-corrected chi connectivity index (χ1v) is 11.5. The van der Waals surface area contributed by atoms with Crippen molar-refractivity contribution in [2.24, 2.45) is 0 Å². The van der Waals surface area contributed by atoms with Gasteiger partial charge in [0, 0.05) is 30.7 Å². The molecule has 2 aliphatic rings. The highest BCUT2D eigenvalue weighted by atomic mass is 19.1. The second kappa shape index (κ2) is 9.20. The van der Waals surface area contributed by atoms with Crippen molar-refractivity contribution in [2.75, 3.05) is 24.5 Å². The summed E-state index contributed by atoms with van der Waals surface area (Å²) in [6, 6.07) is 17.6. The van der Waals surface area contributed by atoms with Gasteiger partial charge in [-0.15, -0.1) is 0 Å². The molecule has 3 aromatic carbocycles.